The molecule has 0 aromatic heterocycles. The molecule has 174 valence electrons. The predicted molar refractivity (Wildman–Crippen MR) is 136 cm³/mol. The number of rotatable bonds is 12. The van der Waals surface area contributed by atoms with Crippen molar-refractivity contribution < 1.29 is 39.9 Å². The SMILES string of the molecule is O=C(CO)CNc1c(I)c(C(=O)NCC(O)CO)c(I)c(C(=O)NCC(O)CO)c1I. The van der Waals surface area contributed by atoms with Crippen LogP contribution in [-0.2, 0) is 4.79 Å². The van der Waals surface area contributed by atoms with Crippen LogP contribution in [-0.4, -0.2) is 94.8 Å². The Labute approximate surface area is 218 Å². The van der Waals surface area contributed by atoms with Gasteiger partial charge in [0, 0.05) is 16.7 Å². The van der Waals surface area contributed by atoms with E-state index in [0.29, 0.717) is 12.8 Å². The molecule has 2 amide bonds. The number of nitrogens with one attached hydrogen (secondary N) is 3. The summed E-state index contributed by atoms with van der Waals surface area (Å²) in [6, 6.07) is 0. The maximum Gasteiger partial charge on any atom is 0.253 e. The Hall–Kier alpha value is -0.380. The van der Waals surface area contributed by atoms with Crippen LogP contribution in [0.25, 0.3) is 0 Å². The fraction of sp³-hybridized carbons (Fsp3) is 0.471. The molecule has 14 heteroatoms. The average Bonchev–Trinajstić information content (AvgIpc) is 2.74. The normalized spacial score (nSPS) is 12.8. The van der Waals surface area contributed by atoms with Crippen LogP contribution >= 0.6 is 67.8 Å². The van der Waals surface area contributed by atoms with Crippen LogP contribution in [0.3, 0.4) is 0 Å². The maximum absolute atomic E-state index is 12.8. The van der Waals surface area contributed by atoms with Crippen molar-refractivity contribution in [2.45, 2.75) is 12.2 Å². The first kappa shape index (κ1) is 28.7. The summed E-state index contributed by atoms with van der Waals surface area (Å²) in [6.07, 6.45) is -2.32. The smallest absolute Gasteiger partial charge is 0.253 e. The third-order valence-corrected chi connectivity index (χ3v) is 7.06. The lowest BCUT2D eigenvalue weighted by Crippen LogP contribution is -2.37. The molecule has 0 aliphatic heterocycles. The molecule has 0 saturated carbocycles. The first-order valence-corrected chi connectivity index (χ1v) is 12.0. The van der Waals surface area contributed by atoms with Crippen LogP contribution in [0.4, 0.5) is 5.69 Å². The van der Waals surface area contributed by atoms with E-state index in [1.807, 2.05) is 67.8 Å². The molecule has 0 heterocycles. The molecule has 0 spiro atoms. The number of halogens is 3. The second-order valence-electron chi connectivity index (χ2n) is 6.21. The Bertz CT molecular complexity index is 771. The minimum Gasteiger partial charge on any atom is -0.394 e. The van der Waals surface area contributed by atoms with Gasteiger partial charge in [-0.3, -0.25) is 14.4 Å². The Morgan fingerprint density at radius 3 is 1.55 bits per heavy atom. The van der Waals surface area contributed by atoms with E-state index in [-0.39, 0.29) is 34.3 Å². The number of anilines is 1. The first-order chi connectivity index (χ1) is 14.6. The molecule has 1 rings (SSSR count). The van der Waals surface area contributed by atoms with Gasteiger partial charge in [-0.25, -0.2) is 0 Å². The largest absolute Gasteiger partial charge is 0.394 e. The number of amides is 2. The van der Waals surface area contributed by atoms with Gasteiger partial charge in [-0.05, 0) is 67.8 Å². The molecule has 1 aromatic carbocycles. The molecular formula is C17H22I3N3O8. The van der Waals surface area contributed by atoms with Gasteiger partial charge in [0.15, 0.2) is 5.78 Å². The number of hydrogen-bond acceptors (Lipinski definition) is 9. The highest BCUT2D eigenvalue weighted by Gasteiger charge is 2.28. The van der Waals surface area contributed by atoms with Crippen molar-refractivity contribution in [3.05, 3.63) is 21.8 Å². The maximum atomic E-state index is 12.8. The highest BCUT2D eigenvalue weighted by atomic mass is 127. The van der Waals surface area contributed by atoms with Gasteiger partial charge in [0.1, 0.15) is 6.61 Å². The molecule has 2 atom stereocenters. The van der Waals surface area contributed by atoms with Crippen molar-refractivity contribution in [1.29, 1.82) is 0 Å². The van der Waals surface area contributed by atoms with Gasteiger partial charge in [0.05, 0.1) is 55.9 Å². The highest BCUT2D eigenvalue weighted by Crippen LogP contribution is 2.35. The number of hydrogen-bond donors (Lipinski definition) is 8. The van der Waals surface area contributed by atoms with Gasteiger partial charge in [0.25, 0.3) is 11.8 Å². The number of aliphatic hydroxyl groups excluding tert-OH is 5. The highest BCUT2D eigenvalue weighted by molar-refractivity contribution is 14.1. The van der Waals surface area contributed by atoms with E-state index >= 15 is 0 Å². The summed E-state index contributed by atoms with van der Waals surface area (Å²) < 4.78 is 1.09. The number of benzene rings is 1. The topological polar surface area (TPSA) is 188 Å². The summed E-state index contributed by atoms with van der Waals surface area (Å²) in [5, 5.41) is 53.6. The Morgan fingerprint density at radius 1 is 0.774 bits per heavy atom. The standard InChI is InChI=1S/C17H22I3N3O8/c18-12-10(16(30)22-2-8(28)5-25)13(19)15(21-1-7(27)4-24)14(20)11(12)17(31)23-3-9(29)6-26/h8-9,21,24-26,28-29H,1-6H2,(H,22,30)(H,23,31). The van der Waals surface area contributed by atoms with Gasteiger partial charge in [-0.15, -0.1) is 0 Å². The van der Waals surface area contributed by atoms with E-state index in [2.05, 4.69) is 16.0 Å². The lowest BCUT2D eigenvalue weighted by Gasteiger charge is -2.20. The molecule has 0 radical (unpaired) electrons. The van der Waals surface area contributed by atoms with Crippen molar-refractivity contribution in [3.8, 4) is 0 Å². The Morgan fingerprint density at radius 2 is 1.19 bits per heavy atom. The number of carbonyl (C=O) groups excluding carboxylic acids is 3. The van der Waals surface area contributed by atoms with Crippen molar-refractivity contribution in [2.75, 3.05) is 44.8 Å². The minimum atomic E-state index is -1.16. The van der Waals surface area contributed by atoms with Crippen molar-refractivity contribution >= 4 is 91.1 Å². The molecule has 0 aliphatic rings. The summed E-state index contributed by atoms with van der Waals surface area (Å²) in [4.78, 5) is 37.1. The van der Waals surface area contributed by atoms with Crippen LogP contribution in [0, 0.1) is 10.7 Å². The van der Waals surface area contributed by atoms with Crippen LogP contribution in [0.2, 0.25) is 0 Å². The first-order valence-electron chi connectivity index (χ1n) is 8.80. The summed E-state index contributed by atoms with van der Waals surface area (Å²) in [6.45, 7) is -2.44. The zero-order chi connectivity index (χ0) is 23.7. The van der Waals surface area contributed by atoms with Crippen LogP contribution in [0.15, 0.2) is 0 Å². The van der Waals surface area contributed by atoms with E-state index < -0.39 is 49.6 Å². The number of aliphatic hydroxyl groups is 5. The van der Waals surface area contributed by atoms with E-state index in [0.717, 1.165) is 0 Å². The quantitative estimate of drug-likeness (QED) is 0.119. The zero-order valence-electron chi connectivity index (χ0n) is 16.0. The number of Topliss-reactive ketones (excluding diaryl/α,β-unsaturated/α-hetero) is 1. The fourth-order valence-corrected chi connectivity index (χ4v) is 6.72. The monoisotopic (exact) mass is 777 g/mol. The molecule has 0 saturated heterocycles. The van der Waals surface area contributed by atoms with Crippen LogP contribution in [0.1, 0.15) is 20.7 Å². The van der Waals surface area contributed by atoms with Crippen molar-refractivity contribution in [2.24, 2.45) is 0 Å². The lowest BCUT2D eigenvalue weighted by atomic mass is 10.1. The van der Waals surface area contributed by atoms with Crippen LogP contribution in [0.5, 0.6) is 0 Å². The third kappa shape index (κ3) is 8.16. The molecule has 0 bridgehead atoms. The van der Waals surface area contributed by atoms with E-state index in [1.165, 1.54) is 0 Å². The zero-order valence-corrected chi connectivity index (χ0v) is 22.5. The van der Waals surface area contributed by atoms with Crippen molar-refractivity contribution in [3.63, 3.8) is 0 Å². The van der Waals surface area contributed by atoms with E-state index in [9.17, 15) is 24.6 Å². The predicted octanol–water partition coefficient (Wildman–Crippen LogP) is -1.36. The summed E-state index contributed by atoms with van der Waals surface area (Å²) >= 11 is 5.61. The Balaban J connectivity index is 3.44. The number of carbonyl (C=O) groups is 3. The molecular weight excluding hydrogens is 755 g/mol. The summed E-state index contributed by atoms with van der Waals surface area (Å²) in [5.41, 5.74) is 0.543. The molecule has 1 aromatic rings. The summed E-state index contributed by atoms with van der Waals surface area (Å²) in [5.74, 6) is -1.73. The molecule has 0 aliphatic carbocycles. The molecule has 8 N–H and O–H groups in total. The van der Waals surface area contributed by atoms with Crippen LogP contribution < -0.4 is 16.0 Å². The van der Waals surface area contributed by atoms with Gasteiger partial charge >= 0.3 is 0 Å². The summed E-state index contributed by atoms with van der Waals surface area (Å²) in [7, 11) is 0. The van der Waals surface area contributed by atoms with Gasteiger partial charge < -0.3 is 41.5 Å². The minimum absolute atomic E-state index is 0.110. The second-order valence-corrected chi connectivity index (χ2v) is 9.45. The van der Waals surface area contributed by atoms with E-state index in [1.54, 1.807) is 0 Å². The third-order valence-electron chi connectivity index (χ3n) is 3.83. The molecule has 2 unspecified atom stereocenters. The molecule has 11 nitrogen and oxygen atoms in total. The van der Waals surface area contributed by atoms with Gasteiger partial charge in [-0.2, -0.15) is 0 Å². The lowest BCUT2D eigenvalue weighted by molar-refractivity contribution is -0.120. The Kier molecular flexibility index (Phi) is 12.9. The fourth-order valence-electron chi connectivity index (χ4n) is 2.19. The molecule has 0 fully saturated rings. The average molecular weight is 777 g/mol. The van der Waals surface area contributed by atoms with E-state index in [4.69, 9.17) is 15.3 Å². The van der Waals surface area contributed by atoms with Gasteiger partial charge in [0.2, 0.25) is 0 Å². The number of ketones is 1. The second kappa shape index (κ2) is 14.0. The van der Waals surface area contributed by atoms with Crippen molar-refractivity contribution in [1.82, 2.24) is 10.6 Å². The van der Waals surface area contributed by atoms with Gasteiger partial charge in [-0.1, -0.05) is 0 Å². The molecule has 31 heavy (non-hydrogen) atoms.